The summed E-state index contributed by atoms with van der Waals surface area (Å²) in [6.45, 7) is 3.41. The van der Waals surface area contributed by atoms with Gasteiger partial charge in [-0.05, 0) is 55.8 Å². The van der Waals surface area contributed by atoms with Crippen molar-refractivity contribution in [3.63, 3.8) is 0 Å². The van der Waals surface area contributed by atoms with Crippen LogP contribution in [0.25, 0.3) is 0 Å². The second-order valence-electron chi connectivity index (χ2n) is 5.85. The molecular formula is C19H22N2O. The van der Waals surface area contributed by atoms with Gasteiger partial charge in [0, 0.05) is 17.8 Å². The molecule has 0 bridgehead atoms. The lowest BCUT2D eigenvalue weighted by Gasteiger charge is -2.26. The monoisotopic (exact) mass is 294 g/mol. The third-order valence-corrected chi connectivity index (χ3v) is 4.10. The molecule has 22 heavy (non-hydrogen) atoms. The van der Waals surface area contributed by atoms with E-state index in [2.05, 4.69) is 22.3 Å². The lowest BCUT2D eigenvalue weighted by atomic mass is 10.1. The topological polar surface area (TPSA) is 32.3 Å². The molecule has 0 spiro atoms. The summed E-state index contributed by atoms with van der Waals surface area (Å²) < 4.78 is 0. The molecule has 1 amide bonds. The van der Waals surface area contributed by atoms with Crippen LogP contribution in [0.3, 0.4) is 0 Å². The fourth-order valence-electron chi connectivity index (χ4n) is 2.86. The molecule has 1 heterocycles. The Kier molecular flexibility index (Phi) is 4.86. The molecule has 0 saturated carbocycles. The van der Waals surface area contributed by atoms with Gasteiger partial charge < -0.3 is 5.32 Å². The summed E-state index contributed by atoms with van der Waals surface area (Å²) in [6, 6.07) is 17.5. The summed E-state index contributed by atoms with van der Waals surface area (Å²) in [5.41, 5.74) is 2.83. The highest BCUT2D eigenvalue weighted by Gasteiger charge is 2.10. The Morgan fingerprint density at radius 1 is 0.909 bits per heavy atom. The molecule has 0 radical (unpaired) electrons. The van der Waals surface area contributed by atoms with Crippen molar-refractivity contribution in [2.45, 2.75) is 25.8 Å². The SMILES string of the molecule is O=C(Nc1ccc(CN2CCCCC2)cc1)c1ccccc1. The average Bonchev–Trinajstić information content (AvgIpc) is 2.58. The van der Waals surface area contributed by atoms with E-state index in [1.165, 1.54) is 37.9 Å². The fourth-order valence-corrected chi connectivity index (χ4v) is 2.86. The van der Waals surface area contributed by atoms with Crippen molar-refractivity contribution in [1.82, 2.24) is 4.90 Å². The Labute approximate surface area is 132 Å². The highest BCUT2D eigenvalue weighted by molar-refractivity contribution is 6.04. The molecule has 1 fully saturated rings. The van der Waals surface area contributed by atoms with Gasteiger partial charge in [-0.1, -0.05) is 36.8 Å². The molecule has 0 aromatic heterocycles. The molecule has 3 rings (SSSR count). The van der Waals surface area contributed by atoms with E-state index >= 15 is 0 Å². The van der Waals surface area contributed by atoms with Crippen LogP contribution >= 0.6 is 0 Å². The van der Waals surface area contributed by atoms with E-state index < -0.39 is 0 Å². The zero-order chi connectivity index (χ0) is 15.2. The van der Waals surface area contributed by atoms with Crippen molar-refractivity contribution >= 4 is 11.6 Å². The Balaban J connectivity index is 1.58. The van der Waals surface area contributed by atoms with Crippen LogP contribution < -0.4 is 5.32 Å². The van der Waals surface area contributed by atoms with Crippen LogP contribution in [0.4, 0.5) is 5.69 Å². The predicted octanol–water partition coefficient (Wildman–Crippen LogP) is 3.92. The maximum atomic E-state index is 12.1. The molecule has 0 atom stereocenters. The number of hydrogen-bond acceptors (Lipinski definition) is 2. The summed E-state index contributed by atoms with van der Waals surface area (Å²) in [6.07, 6.45) is 3.98. The number of carbonyl (C=O) groups excluding carboxylic acids is 1. The van der Waals surface area contributed by atoms with Crippen molar-refractivity contribution in [3.8, 4) is 0 Å². The zero-order valence-corrected chi connectivity index (χ0v) is 12.8. The Morgan fingerprint density at radius 2 is 1.59 bits per heavy atom. The van der Waals surface area contributed by atoms with Gasteiger partial charge in [-0.3, -0.25) is 9.69 Å². The van der Waals surface area contributed by atoms with Gasteiger partial charge in [-0.25, -0.2) is 0 Å². The number of anilines is 1. The third-order valence-electron chi connectivity index (χ3n) is 4.10. The minimum atomic E-state index is -0.0654. The number of hydrogen-bond donors (Lipinski definition) is 1. The summed E-state index contributed by atoms with van der Waals surface area (Å²) in [5.74, 6) is -0.0654. The molecule has 1 aliphatic rings. The van der Waals surface area contributed by atoms with Crippen molar-refractivity contribution in [3.05, 3.63) is 65.7 Å². The molecule has 1 aliphatic heterocycles. The van der Waals surface area contributed by atoms with Crippen LogP contribution in [0.2, 0.25) is 0 Å². The fraction of sp³-hybridized carbons (Fsp3) is 0.316. The molecule has 0 aliphatic carbocycles. The largest absolute Gasteiger partial charge is 0.322 e. The first-order chi connectivity index (χ1) is 10.8. The molecule has 114 valence electrons. The van der Waals surface area contributed by atoms with Gasteiger partial charge in [0.25, 0.3) is 5.91 Å². The van der Waals surface area contributed by atoms with Crippen molar-refractivity contribution in [1.29, 1.82) is 0 Å². The molecular weight excluding hydrogens is 272 g/mol. The quantitative estimate of drug-likeness (QED) is 0.926. The molecule has 1 N–H and O–H groups in total. The summed E-state index contributed by atoms with van der Waals surface area (Å²) in [4.78, 5) is 14.6. The summed E-state index contributed by atoms with van der Waals surface area (Å²) >= 11 is 0. The van der Waals surface area contributed by atoms with Gasteiger partial charge >= 0.3 is 0 Å². The van der Waals surface area contributed by atoms with Gasteiger partial charge in [0.05, 0.1) is 0 Å². The number of nitrogens with zero attached hydrogens (tertiary/aromatic N) is 1. The first-order valence-corrected chi connectivity index (χ1v) is 7.99. The predicted molar refractivity (Wildman–Crippen MR) is 90.0 cm³/mol. The maximum absolute atomic E-state index is 12.1. The molecule has 1 saturated heterocycles. The number of nitrogens with one attached hydrogen (secondary N) is 1. The normalized spacial score (nSPS) is 15.5. The van der Waals surface area contributed by atoms with E-state index in [1.54, 1.807) is 0 Å². The average molecular weight is 294 g/mol. The summed E-state index contributed by atoms with van der Waals surface area (Å²) in [5, 5.41) is 2.94. The first kappa shape index (κ1) is 14.8. The Hall–Kier alpha value is -2.13. The van der Waals surface area contributed by atoms with Gasteiger partial charge in [-0.15, -0.1) is 0 Å². The van der Waals surface area contributed by atoms with Gasteiger partial charge in [0.15, 0.2) is 0 Å². The van der Waals surface area contributed by atoms with Crippen LogP contribution in [-0.2, 0) is 6.54 Å². The molecule has 3 nitrogen and oxygen atoms in total. The third kappa shape index (κ3) is 3.95. The molecule has 2 aromatic rings. The number of benzene rings is 2. The second kappa shape index (κ2) is 7.23. The lowest BCUT2D eigenvalue weighted by Crippen LogP contribution is -2.29. The minimum absolute atomic E-state index is 0.0654. The minimum Gasteiger partial charge on any atom is -0.322 e. The molecule has 0 unspecified atom stereocenters. The Morgan fingerprint density at radius 3 is 2.27 bits per heavy atom. The van der Waals surface area contributed by atoms with E-state index in [-0.39, 0.29) is 5.91 Å². The number of carbonyl (C=O) groups is 1. The van der Waals surface area contributed by atoms with Crippen LogP contribution in [-0.4, -0.2) is 23.9 Å². The standard InChI is InChI=1S/C19H22N2O/c22-19(17-7-3-1-4-8-17)20-18-11-9-16(10-12-18)15-21-13-5-2-6-14-21/h1,3-4,7-12H,2,5-6,13-15H2,(H,20,22). The first-order valence-electron chi connectivity index (χ1n) is 7.99. The van der Waals surface area contributed by atoms with Crippen LogP contribution in [0.1, 0.15) is 35.2 Å². The van der Waals surface area contributed by atoms with Crippen LogP contribution in [0.5, 0.6) is 0 Å². The van der Waals surface area contributed by atoms with E-state index in [0.717, 1.165) is 12.2 Å². The van der Waals surface area contributed by atoms with E-state index in [9.17, 15) is 4.79 Å². The van der Waals surface area contributed by atoms with Crippen molar-refractivity contribution < 1.29 is 4.79 Å². The van der Waals surface area contributed by atoms with Crippen molar-refractivity contribution in [2.24, 2.45) is 0 Å². The lowest BCUT2D eigenvalue weighted by molar-refractivity contribution is 0.102. The number of rotatable bonds is 4. The summed E-state index contributed by atoms with van der Waals surface area (Å²) in [7, 11) is 0. The highest BCUT2D eigenvalue weighted by Crippen LogP contribution is 2.16. The van der Waals surface area contributed by atoms with Gasteiger partial charge in [-0.2, -0.15) is 0 Å². The highest BCUT2D eigenvalue weighted by atomic mass is 16.1. The number of piperidine rings is 1. The zero-order valence-electron chi connectivity index (χ0n) is 12.8. The van der Waals surface area contributed by atoms with E-state index in [4.69, 9.17) is 0 Å². The van der Waals surface area contributed by atoms with Crippen LogP contribution in [0, 0.1) is 0 Å². The van der Waals surface area contributed by atoms with Gasteiger partial charge in [0.1, 0.15) is 0 Å². The second-order valence-corrected chi connectivity index (χ2v) is 5.85. The Bertz CT molecular complexity index is 601. The van der Waals surface area contributed by atoms with Gasteiger partial charge in [0.2, 0.25) is 0 Å². The van der Waals surface area contributed by atoms with E-state index in [0.29, 0.717) is 5.56 Å². The number of likely N-dealkylation sites (tertiary alicyclic amines) is 1. The smallest absolute Gasteiger partial charge is 0.255 e. The molecule has 3 heteroatoms. The number of amides is 1. The molecule has 2 aromatic carbocycles. The van der Waals surface area contributed by atoms with Crippen molar-refractivity contribution in [2.75, 3.05) is 18.4 Å². The van der Waals surface area contributed by atoms with Crippen LogP contribution in [0.15, 0.2) is 54.6 Å². The van der Waals surface area contributed by atoms with E-state index in [1.807, 2.05) is 42.5 Å². The maximum Gasteiger partial charge on any atom is 0.255 e.